The molecule has 84 valence electrons. The Labute approximate surface area is 89.6 Å². The highest BCUT2D eigenvalue weighted by molar-refractivity contribution is 7.94. The van der Waals surface area contributed by atoms with E-state index in [1.165, 1.54) is 12.1 Å². The maximum Gasteiger partial charge on any atom is 0.296 e. The molecule has 0 aliphatic carbocycles. The molecule has 1 rings (SSSR count). The minimum Gasteiger partial charge on any atom is -0.398 e. The van der Waals surface area contributed by atoms with Crippen LogP contribution in [0.15, 0.2) is 28.0 Å². The molecule has 0 amide bonds. The summed E-state index contributed by atoms with van der Waals surface area (Å²) < 4.78 is 34.3. The van der Waals surface area contributed by atoms with Crippen molar-refractivity contribution in [1.82, 2.24) is 0 Å². The van der Waals surface area contributed by atoms with Gasteiger partial charge in [-0.2, -0.15) is 8.42 Å². The molecule has 7 nitrogen and oxygen atoms in total. The van der Waals surface area contributed by atoms with Gasteiger partial charge in [0.1, 0.15) is 4.90 Å². The number of nitrogens with two attached hydrogens (primary N) is 1. The highest BCUT2D eigenvalue weighted by Gasteiger charge is 2.14. The largest absolute Gasteiger partial charge is 0.398 e. The van der Waals surface area contributed by atoms with E-state index >= 15 is 0 Å². The summed E-state index contributed by atoms with van der Waals surface area (Å²) in [5, 5.41) is 11.2. The lowest BCUT2D eigenvalue weighted by Crippen LogP contribution is -2.02. The summed E-state index contributed by atoms with van der Waals surface area (Å²) in [5.74, 6) is 0. The van der Waals surface area contributed by atoms with E-state index in [1.54, 1.807) is 0 Å². The maximum absolute atomic E-state index is 10.8. The fourth-order valence-electron chi connectivity index (χ4n) is 0.868. The molecule has 15 heavy (non-hydrogen) atoms. The molecule has 0 unspecified atom stereocenters. The van der Waals surface area contributed by atoms with Crippen molar-refractivity contribution in [2.45, 2.75) is 9.79 Å². The standard InChI is InChI=1S/C6H7NO6S2/c7-5-3-4(14-13-12-8)1-2-6(5)15(9,10)11/h1-3,8H,7H2,(H,9,10,11). The van der Waals surface area contributed by atoms with Gasteiger partial charge in [-0.15, -0.1) is 4.33 Å². The van der Waals surface area contributed by atoms with E-state index in [9.17, 15) is 8.42 Å². The highest BCUT2D eigenvalue weighted by Crippen LogP contribution is 2.26. The van der Waals surface area contributed by atoms with Gasteiger partial charge < -0.3 is 5.73 Å². The predicted octanol–water partition coefficient (Wildman–Crippen LogP) is 0.944. The molecule has 0 radical (unpaired) electrons. The van der Waals surface area contributed by atoms with E-state index in [0.717, 1.165) is 6.07 Å². The smallest absolute Gasteiger partial charge is 0.296 e. The first-order chi connectivity index (χ1) is 6.95. The average Bonchev–Trinajstić information content (AvgIpc) is 2.12. The van der Waals surface area contributed by atoms with E-state index in [-0.39, 0.29) is 5.69 Å². The van der Waals surface area contributed by atoms with Crippen LogP contribution in [0.25, 0.3) is 0 Å². The van der Waals surface area contributed by atoms with Crippen LogP contribution in [-0.2, 0) is 19.5 Å². The van der Waals surface area contributed by atoms with Gasteiger partial charge in [-0.25, -0.2) is 5.26 Å². The first kappa shape index (κ1) is 12.2. The van der Waals surface area contributed by atoms with Crippen LogP contribution in [0.5, 0.6) is 0 Å². The second-order valence-electron chi connectivity index (χ2n) is 2.40. The van der Waals surface area contributed by atoms with Crippen LogP contribution in [0.2, 0.25) is 0 Å². The Morgan fingerprint density at radius 1 is 1.40 bits per heavy atom. The van der Waals surface area contributed by atoms with E-state index in [0.29, 0.717) is 16.9 Å². The Bertz CT molecular complexity index is 445. The van der Waals surface area contributed by atoms with Gasteiger partial charge in [0.2, 0.25) is 0 Å². The molecule has 1 aromatic rings. The summed E-state index contributed by atoms with van der Waals surface area (Å²) in [6.45, 7) is 0. The summed E-state index contributed by atoms with van der Waals surface area (Å²) in [7, 11) is -4.33. The van der Waals surface area contributed by atoms with Gasteiger partial charge in [-0.05, 0) is 18.2 Å². The number of hydrogen-bond acceptors (Lipinski definition) is 7. The number of anilines is 1. The molecule has 4 N–H and O–H groups in total. The number of rotatable bonds is 4. The summed E-state index contributed by atoms with van der Waals surface area (Å²) in [4.78, 5) is 0.00529. The average molecular weight is 253 g/mol. The van der Waals surface area contributed by atoms with Crippen molar-refractivity contribution in [2.75, 3.05) is 5.73 Å². The lowest BCUT2D eigenvalue weighted by molar-refractivity contribution is -0.432. The molecular formula is C6H7NO6S2. The van der Waals surface area contributed by atoms with Crippen LogP contribution in [0.4, 0.5) is 5.69 Å². The predicted molar refractivity (Wildman–Crippen MR) is 51.3 cm³/mol. The SMILES string of the molecule is Nc1cc(SOOO)ccc1S(=O)(=O)O. The zero-order chi connectivity index (χ0) is 11.5. The van der Waals surface area contributed by atoms with Crippen molar-refractivity contribution in [1.29, 1.82) is 0 Å². The Morgan fingerprint density at radius 3 is 2.53 bits per heavy atom. The summed E-state index contributed by atoms with van der Waals surface area (Å²) >= 11 is 0.625. The van der Waals surface area contributed by atoms with Crippen LogP contribution in [-0.4, -0.2) is 18.2 Å². The molecule has 1 aromatic carbocycles. The topological polar surface area (TPSA) is 119 Å². The molecule has 0 aliphatic rings. The fourth-order valence-corrected chi connectivity index (χ4v) is 1.87. The van der Waals surface area contributed by atoms with E-state index in [1.807, 2.05) is 0 Å². The second kappa shape index (κ2) is 4.79. The molecule has 0 aliphatic heterocycles. The summed E-state index contributed by atoms with van der Waals surface area (Å²) in [6.07, 6.45) is 0. The molecule has 9 heteroatoms. The molecule has 0 saturated heterocycles. The Hall–Kier alpha value is -0.840. The Morgan fingerprint density at radius 2 is 2.07 bits per heavy atom. The van der Waals surface area contributed by atoms with Crippen molar-refractivity contribution in [3.8, 4) is 0 Å². The van der Waals surface area contributed by atoms with Gasteiger partial charge in [-0.3, -0.25) is 4.55 Å². The molecule has 0 heterocycles. The molecule has 0 atom stereocenters. The minimum absolute atomic E-state index is 0.135. The van der Waals surface area contributed by atoms with Crippen molar-refractivity contribution in [3.05, 3.63) is 18.2 Å². The fraction of sp³-hybridized carbons (Fsp3) is 0. The minimum atomic E-state index is -4.33. The van der Waals surface area contributed by atoms with Crippen molar-refractivity contribution in [2.24, 2.45) is 0 Å². The summed E-state index contributed by atoms with van der Waals surface area (Å²) in [5.41, 5.74) is 5.23. The van der Waals surface area contributed by atoms with Crippen LogP contribution < -0.4 is 5.73 Å². The highest BCUT2D eigenvalue weighted by atomic mass is 32.2. The molecule has 0 bridgehead atoms. The van der Waals surface area contributed by atoms with Crippen LogP contribution >= 0.6 is 12.0 Å². The molecule has 0 spiro atoms. The van der Waals surface area contributed by atoms with Gasteiger partial charge >= 0.3 is 0 Å². The third-order valence-corrected chi connectivity index (χ3v) is 2.92. The molecular weight excluding hydrogens is 246 g/mol. The third kappa shape index (κ3) is 3.34. The second-order valence-corrected chi connectivity index (χ2v) is 4.56. The van der Waals surface area contributed by atoms with Crippen molar-refractivity contribution >= 4 is 27.8 Å². The van der Waals surface area contributed by atoms with Gasteiger partial charge in [0, 0.05) is 4.90 Å². The quantitative estimate of drug-likeness (QED) is 0.238. The molecule has 0 fully saturated rings. The van der Waals surface area contributed by atoms with E-state index in [4.69, 9.17) is 15.5 Å². The van der Waals surface area contributed by atoms with Crippen LogP contribution in [0.3, 0.4) is 0 Å². The third-order valence-electron chi connectivity index (χ3n) is 1.42. The van der Waals surface area contributed by atoms with Gasteiger partial charge in [-0.1, -0.05) is 5.04 Å². The molecule has 0 aromatic heterocycles. The monoisotopic (exact) mass is 253 g/mol. The first-order valence-electron chi connectivity index (χ1n) is 3.47. The van der Waals surface area contributed by atoms with E-state index < -0.39 is 15.0 Å². The molecule has 0 saturated carbocycles. The normalized spacial score (nSPS) is 11.6. The van der Waals surface area contributed by atoms with Crippen LogP contribution in [0.1, 0.15) is 0 Å². The van der Waals surface area contributed by atoms with E-state index in [2.05, 4.69) is 9.37 Å². The number of benzene rings is 1. The maximum atomic E-state index is 10.8. The zero-order valence-electron chi connectivity index (χ0n) is 7.15. The lowest BCUT2D eigenvalue weighted by Gasteiger charge is -2.03. The van der Waals surface area contributed by atoms with Gasteiger partial charge in [0.15, 0.2) is 0 Å². The van der Waals surface area contributed by atoms with Crippen LogP contribution in [0, 0.1) is 0 Å². The Balaban J connectivity index is 2.99. The Kier molecular flexibility index (Phi) is 3.90. The van der Waals surface area contributed by atoms with Crippen molar-refractivity contribution < 1.29 is 27.6 Å². The zero-order valence-corrected chi connectivity index (χ0v) is 8.79. The summed E-state index contributed by atoms with van der Waals surface area (Å²) in [6, 6.07) is 3.67. The first-order valence-corrected chi connectivity index (χ1v) is 5.65. The lowest BCUT2D eigenvalue weighted by atomic mass is 10.3. The van der Waals surface area contributed by atoms with Gasteiger partial charge in [0.25, 0.3) is 10.1 Å². The van der Waals surface area contributed by atoms with Crippen molar-refractivity contribution in [3.63, 3.8) is 0 Å². The number of nitrogen functional groups attached to an aromatic ring is 1. The number of hydrogen-bond donors (Lipinski definition) is 3. The van der Waals surface area contributed by atoms with Gasteiger partial charge in [0.05, 0.1) is 17.7 Å².